The van der Waals surface area contributed by atoms with Crippen molar-refractivity contribution in [3.05, 3.63) is 53.6 Å². The van der Waals surface area contributed by atoms with Crippen LogP contribution in [0.4, 0.5) is 5.69 Å². The minimum atomic E-state index is -3.82. The topological polar surface area (TPSA) is 79.3 Å². The Morgan fingerprint density at radius 3 is 2.80 bits per heavy atom. The second-order valence-corrected chi connectivity index (χ2v) is 9.21. The molecule has 2 heterocycles. The molecule has 8 heteroatoms. The van der Waals surface area contributed by atoms with Crippen molar-refractivity contribution >= 4 is 27.5 Å². The fourth-order valence-corrected chi connectivity index (χ4v) is 5.23. The summed E-state index contributed by atoms with van der Waals surface area (Å²) in [6.45, 7) is 1.12. The summed E-state index contributed by atoms with van der Waals surface area (Å²) in [5.41, 5.74) is 1.87. The number of rotatable bonds is 4. The van der Waals surface area contributed by atoms with Gasteiger partial charge in [-0.15, -0.1) is 4.40 Å². The molecule has 0 aliphatic carbocycles. The number of hydrogen-bond acceptors (Lipinski definition) is 5. The van der Waals surface area contributed by atoms with Gasteiger partial charge in [-0.2, -0.15) is 8.42 Å². The Bertz CT molecular complexity index is 1110. The molecule has 1 saturated heterocycles. The molecule has 0 saturated carbocycles. The van der Waals surface area contributed by atoms with Gasteiger partial charge in [0.15, 0.2) is 0 Å². The van der Waals surface area contributed by atoms with Crippen molar-refractivity contribution in [2.45, 2.75) is 37.1 Å². The van der Waals surface area contributed by atoms with Gasteiger partial charge in [-0.25, -0.2) is 0 Å². The van der Waals surface area contributed by atoms with Crippen LogP contribution in [0.1, 0.15) is 41.6 Å². The Labute approximate surface area is 177 Å². The van der Waals surface area contributed by atoms with E-state index >= 15 is 0 Å². The maximum absolute atomic E-state index is 13.0. The van der Waals surface area contributed by atoms with Gasteiger partial charge in [0.05, 0.1) is 12.8 Å². The van der Waals surface area contributed by atoms with E-state index in [4.69, 9.17) is 4.74 Å². The van der Waals surface area contributed by atoms with Crippen LogP contribution in [-0.2, 0) is 16.6 Å². The zero-order valence-electron chi connectivity index (χ0n) is 17.2. The summed E-state index contributed by atoms with van der Waals surface area (Å²) in [4.78, 5) is 16.6. The summed E-state index contributed by atoms with van der Waals surface area (Å²) in [6, 6.07) is 12.4. The molecule has 1 fully saturated rings. The summed E-state index contributed by atoms with van der Waals surface area (Å²) in [6.07, 6.45) is 3.63. The Kier molecular flexibility index (Phi) is 5.51. The molecule has 0 radical (unpaired) electrons. The molecule has 158 valence electrons. The summed E-state index contributed by atoms with van der Waals surface area (Å²) in [7, 11) is -0.527. The number of nitrogens with zero attached hydrogens (tertiary/aromatic N) is 3. The number of ether oxygens (including phenoxy) is 1. The van der Waals surface area contributed by atoms with E-state index in [1.54, 1.807) is 31.2 Å². The van der Waals surface area contributed by atoms with Gasteiger partial charge in [0.2, 0.25) is 0 Å². The highest BCUT2D eigenvalue weighted by molar-refractivity contribution is 7.90. The van der Waals surface area contributed by atoms with Gasteiger partial charge < -0.3 is 14.5 Å². The Balaban J connectivity index is 1.62. The van der Waals surface area contributed by atoms with E-state index in [1.165, 1.54) is 6.07 Å². The van der Waals surface area contributed by atoms with Gasteiger partial charge in [-0.1, -0.05) is 18.6 Å². The molecule has 4 rings (SSSR count). The molecule has 30 heavy (non-hydrogen) atoms. The highest BCUT2D eigenvalue weighted by atomic mass is 32.2. The zero-order valence-corrected chi connectivity index (χ0v) is 18.0. The second kappa shape index (κ2) is 8.10. The van der Waals surface area contributed by atoms with E-state index in [9.17, 15) is 13.2 Å². The molecule has 0 unspecified atom stereocenters. The Morgan fingerprint density at radius 2 is 2.00 bits per heavy atom. The maximum atomic E-state index is 13.0. The minimum absolute atomic E-state index is 0.105. The molecule has 2 aromatic carbocycles. The Hall–Kier alpha value is -2.87. The SMILES string of the molecule is COc1cccc(CN(C)C(=O)c2ccc3c(c2)S(=O)(=O)N=C2CCCCCN23)c1. The number of amidine groups is 1. The number of methoxy groups -OCH3 is 1. The maximum Gasteiger partial charge on any atom is 0.286 e. The third kappa shape index (κ3) is 3.92. The molecule has 0 bridgehead atoms. The molecule has 0 aromatic heterocycles. The van der Waals surface area contributed by atoms with E-state index in [0.29, 0.717) is 30.1 Å². The molecular weight excluding hydrogens is 402 g/mol. The molecule has 0 atom stereocenters. The lowest BCUT2D eigenvalue weighted by molar-refractivity contribution is 0.0784. The van der Waals surface area contributed by atoms with Gasteiger partial charge in [-0.05, 0) is 48.7 Å². The van der Waals surface area contributed by atoms with Crippen molar-refractivity contribution in [3.8, 4) is 5.75 Å². The van der Waals surface area contributed by atoms with E-state index in [0.717, 1.165) is 37.1 Å². The molecule has 2 aliphatic rings. The third-order valence-electron chi connectivity index (χ3n) is 5.50. The first-order valence-electron chi connectivity index (χ1n) is 10.0. The molecule has 1 amide bonds. The Morgan fingerprint density at radius 1 is 1.17 bits per heavy atom. The van der Waals surface area contributed by atoms with Gasteiger partial charge >= 0.3 is 0 Å². The lowest BCUT2D eigenvalue weighted by atomic mass is 10.1. The molecule has 2 aliphatic heterocycles. The summed E-state index contributed by atoms with van der Waals surface area (Å²) in [5.74, 6) is 1.08. The van der Waals surface area contributed by atoms with Crippen molar-refractivity contribution in [2.75, 3.05) is 25.6 Å². The van der Waals surface area contributed by atoms with E-state index < -0.39 is 10.0 Å². The molecule has 7 nitrogen and oxygen atoms in total. The number of fused-ring (bicyclic) bond motifs is 3. The number of sulfonamides is 1. The van der Waals surface area contributed by atoms with Gasteiger partial charge in [0.25, 0.3) is 15.9 Å². The van der Waals surface area contributed by atoms with Crippen LogP contribution >= 0.6 is 0 Å². The van der Waals surface area contributed by atoms with Crippen molar-refractivity contribution in [1.82, 2.24) is 4.90 Å². The number of carbonyl (C=O) groups is 1. The van der Waals surface area contributed by atoms with E-state index in [2.05, 4.69) is 4.40 Å². The van der Waals surface area contributed by atoms with Crippen molar-refractivity contribution in [1.29, 1.82) is 0 Å². The number of benzene rings is 2. The van der Waals surface area contributed by atoms with Crippen molar-refractivity contribution in [3.63, 3.8) is 0 Å². The summed E-state index contributed by atoms with van der Waals surface area (Å²) < 4.78 is 34.9. The lowest BCUT2D eigenvalue weighted by Crippen LogP contribution is -2.35. The monoisotopic (exact) mass is 427 g/mol. The summed E-state index contributed by atoms with van der Waals surface area (Å²) in [5, 5.41) is 0. The van der Waals surface area contributed by atoms with E-state index in [1.807, 2.05) is 29.2 Å². The van der Waals surface area contributed by atoms with Crippen LogP contribution in [0.3, 0.4) is 0 Å². The highest BCUT2D eigenvalue weighted by Gasteiger charge is 2.32. The standard InChI is InChI=1S/C22H25N3O4S/c1-24(15-16-7-6-8-18(13-16)29-2)22(26)17-10-11-19-20(14-17)30(27,28)23-21-9-4-3-5-12-25(19)21/h6-8,10-11,13-14H,3-5,9,12,15H2,1-2H3. The van der Waals surface area contributed by atoms with Crippen LogP contribution in [-0.4, -0.2) is 45.8 Å². The average Bonchev–Trinajstić information content (AvgIpc) is 2.98. The predicted octanol–water partition coefficient (Wildman–Crippen LogP) is 3.45. The largest absolute Gasteiger partial charge is 0.497 e. The fourth-order valence-electron chi connectivity index (χ4n) is 3.95. The van der Waals surface area contributed by atoms with Crippen LogP contribution in [0, 0.1) is 0 Å². The van der Waals surface area contributed by atoms with Crippen LogP contribution in [0.5, 0.6) is 5.75 Å². The van der Waals surface area contributed by atoms with Crippen LogP contribution < -0.4 is 9.64 Å². The number of carbonyl (C=O) groups excluding carboxylic acids is 1. The van der Waals surface area contributed by atoms with Crippen LogP contribution in [0.15, 0.2) is 51.8 Å². The summed E-state index contributed by atoms with van der Waals surface area (Å²) >= 11 is 0. The fraction of sp³-hybridized carbons (Fsp3) is 0.364. The number of amides is 1. The molecular formula is C22H25N3O4S. The minimum Gasteiger partial charge on any atom is -0.497 e. The number of hydrogen-bond donors (Lipinski definition) is 0. The van der Waals surface area contributed by atoms with E-state index in [-0.39, 0.29) is 10.8 Å². The van der Waals surface area contributed by atoms with Gasteiger partial charge in [0, 0.05) is 32.1 Å². The van der Waals surface area contributed by atoms with Crippen molar-refractivity contribution < 1.29 is 17.9 Å². The molecule has 0 spiro atoms. The second-order valence-electron chi connectivity index (χ2n) is 7.64. The zero-order chi connectivity index (χ0) is 21.3. The van der Waals surface area contributed by atoms with Crippen LogP contribution in [0.25, 0.3) is 0 Å². The third-order valence-corrected chi connectivity index (χ3v) is 6.83. The van der Waals surface area contributed by atoms with Gasteiger partial charge in [0.1, 0.15) is 16.5 Å². The lowest BCUT2D eigenvalue weighted by Gasteiger charge is -2.30. The normalized spacial score (nSPS) is 17.3. The van der Waals surface area contributed by atoms with Gasteiger partial charge in [-0.3, -0.25) is 4.79 Å². The first kappa shape index (κ1) is 20.4. The number of anilines is 1. The average molecular weight is 428 g/mol. The first-order valence-corrected chi connectivity index (χ1v) is 11.5. The van der Waals surface area contributed by atoms with Crippen LogP contribution in [0.2, 0.25) is 0 Å². The first-order chi connectivity index (χ1) is 14.4. The molecule has 2 aromatic rings. The molecule has 0 N–H and O–H groups in total. The smallest absolute Gasteiger partial charge is 0.286 e. The quantitative estimate of drug-likeness (QED) is 0.747. The predicted molar refractivity (Wildman–Crippen MR) is 116 cm³/mol. The highest BCUT2D eigenvalue weighted by Crippen LogP contribution is 2.35. The van der Waals surface area contributed by atoms with Crippen molar-refractivity contribution in [2.24, 2.45) is 4.40 Å².